The molecule has 2 heterocycles. The van der Waals surface area contributed by atoms with Crippen molar-refractivity contribution in [3.05, 3.63) is 45.3 Å². The zero-order valence-electron chi connectivity index (χ0n) is 20.6. The van der Waals surface area contributed by atoms with E-state index in [-0.39, 0.29) is 18.4 Å². The molecule has 4 saturated carbocycles. The van der Waals surface area contributed by atoms with Crippen molar-refractivity contribution in [3.63, 3.8) is 0 Å². The van der Waals surface area contributed by atoms with Crippen LogP contribution in [0.4, 0.5) is 15.5 Å². The summed E-state index contributed by atoms with van der Waals surface area (Å²) in [5, 5.41) is 6.86. The maximum absolute atomic E-state index is 12.7. The maximum Gasteiger partial charge on any atom is 0.324 e. The molecule has 2 aromatic rings. The molecular formula is C27H34Cl2N4O2S. The monoisotopic (exact) mass is 548 g/mol. The van der Waals surface area contributed by atoms with E-state index in [9.17, 15) is 9.59 Å². The summed E-state index contributed by atoms with van der Waals surface area (Å²) >= 11 is 7.45. The number of benzene rings is 1. The zero-order valence-corrected chi connectivity index (χ0v) is 22.9. The normalized spacial score (nSPS) is 31.9. The van der Waals surface area contributed by atoms with Crippen LogP contribution in [0.3, 0.4) is 0 Å². The van der Waals surface area contributed by atoms with Crippen molar-refractivity contribution < 1.29 is 26.5 Å². The highest BCUT2D eigenvalue weighted by Crippen LogP contribution is 2.60. The zero-order chi connectivity index (χ0) is 24.4. The highest BCUT2D eigenvalue weighted by Gasteiger charge is 2.54. The van der Waals surface area contributed by atoms with Crippen LogP contribution in [0.25, 0.3) is 0 Å². The second kappa shape index (κ2) is 9.50. The molecule has 0 spiro atoms. The number of carbonyl (C=O) groups is 2. The van der Waals surface area contributed by atoms with E-state index in [2.05, 4.69) is 17.7 Å². The van der Waals surface area contributed by atoms with Crippen LogP contribution in [0.5, 0.6) is 0 Å². The van der Waals surface area contributed by atoms with E-state index in [0.717, 1.165) is 47.3 Å². The molecule has 6 nitrogen and oxygen atoms in total. The van der Waals surface area contributed by atoms with Crippen molar-refractivity contribution in [1.29, 1.82) is 0 Å². The first kappa shape index (κ1) is 25.8. The van der Waals surface area contributed by atoms with Crippen LogP contribution in [0, 0.1) is 23.2 Å². The molecule has 1 aromatic heterocycles. The van der Waals surface area contributed by atoms with Gasteiger partial charge in [0.1, 0.15) is 11.5 Å². The quantitative estimate of drug-likeness (QED) is 0.502. The Morgan fingerprint density at radius 3 is 2.28 bits per heavy atom. The molecule has 3 amide bonds. The van der Waals surface area contributed by atoms with Gasteiger partial charge in [0.2, 0.25) is 0 Å². The number of nitrogens with two attached hydrogens (primary N) is 1. The molecule has 4 aliphatic carbocycles. The Labute approximate surface area is 227 Å². The fourth-order valence-electron chi connectivity index (χ4n) is 8.29. The minimum Gasteiger partial charge on any atom is -1.00 e. The van der Waals surface area contributed by atoms with Crippen LogP contribution in [-0.4, -0.2) is 36.6 Å². The van der Waals surface area contributed by atoms with Crippen LogP contribution in [-0.2, 0) is 13.0 Å². The lowest BCUT2D eigenvalue weighted by Crippen LogP contribution is -3.00. The molecular weight excluding hydrogens is 515 g/mol. The second-order valence-electron chi connectivity index (χ2n) is 12.0. The third-order valence-electron chi connectivity index (χ3n) is 8.98. The predicted octanol–water partition coefficient (Wildman–Crippen LogP) is 2.87. The first-order chi connectivity index (χ1) is 16.7. The van der Waals surface area contributed by atoms with E-state index in [4.69, 9.17) is 17.3 Å². The SMILES string of the molecule is C[N+]1(CC23CC4CC(CC(C4)C2)C3)CCc2c(sc(NC(=O)Nc3ccc(Cl)cc3)c2C(N)=O)C1.[Cl-]. The van der Waals surface area contributed by atoms with E-state index in [0.29, 0.717) is 26.7 Å². The number of primary amides is 1. The summed E-state index contributed by atoms with van der Waals surface area (Å²) in [5.41, 5.74) is 8.46. The van der Waals surface area contributed by atoms with E-state index in [1.54, 1.807) is 24.3 Å². The number of hydrogen-bond acceptors (Lipinski definition) is 3. The summed E-state index contributed by atoms with van der Waals surface area (Å²) in [4.78, 5) is 26.3. The molecule has 4 fully saturated rings. The van der Waals surface area contributed by atoms with Crippen molar-refractivity contribution in [3.8, 4) is 0 Å². The molecule has 0 radical (unpaired) electrons. The molecule has 1 unspecified atom stereocenters. The van der Waals surface area contributed by atoms with Gasteiger partial charge in [-0.25, -0.2) is 4.79 Å². The molecule has 1 aromatic carbocycles. The van der Waals surface area contributed by atoms with Gasteiger partial charge in [0.25, 0.3) is 5.91 Å². The topological polar surface area (TPSA) is 84.2 Å². The fourth-order valence-corrected chi connectivity index (χ4v) is 9.83. The molecule has 1 aliphatic heterocycles. The molecule has 36 heavy (non-hydrogen) atoms. The minimum atomic E-state index is -0.471. The predicted molar refractivity (Wildman–Crippen MR) is 141 cm³/mol. The number of urea groups is 1. The van der Waals surface area contributed by atoms with Crippen molar-refractivity contribution in [2.24, 2.45) is 28.9 Å². The number of hydrogen-bond donors (Lipinski definition) is 3. The summed E-state index contributed by atoms with van der Waals surface area (Å²) in [5.74, 6) is 2.38. The van der Waals surface area contributed by atoms with E-state index in [1.807, 2.05) is 0 Å². The van der Waals surface area contributed by atoms with E-state index < -0.39 is 5.91 Å². The summed E-state index contributed by atoms with van der Waals surface area (Å²) in [6.45, 7) is 3.16. The average Bonchev–Trinajstić information content (AvgIpc) is 3.10. The number of thiophene rings is 1. The summed E-state index contributed by atoms with van der Waals surface area (Å²) in [6.07, 6.45) is 9.46. The van der Waals surface area contributed by atoms with Crippen LogP contribution >= 0.6 is 22.9 Å². The molecule has 5 aliphatic rings. The number of amides is 3. The molecule has 194 valence electrons. The number of nitrogens with zero attached hydrogens (tertiary/aromatic N) is 1. The highest BCUT2D eigenvalue weighted by atomic mass is 35.5. The number of halogens is 2. The number of rotatable bonds is 5. The van der Waals surface area contributed by atoms with Gasteiger partial charge in [-0.2, -0.15) is 0 Å². The van der Waals surface area contributed by atoms with Gasteiger partial charge in [-0.3, -0.25) is 10.1 Å². The van der Waals surface area contributed by atoms with Crippen molar-refractivity contribution >= 4 is 45.6 Å². The lowest BCUT2D eigenvalue weighted by atomic mass is 9.49. The van der Waals surface area contributed by atoms with E-state index >= 15 is 0 Å². The Bertz CT molecular complexity index is 1150. The molecule has 4 N–H and O–H groups in total. The van der Waals surface area contributed by atoms with Gasteiger partial charge in [-0.05, 0) is 86.1 Å². The highest BCUT2D eigenvalue weighted by molar-refractivity contribution is 7.17. The second-order valence-corrected chi connectivity index (χ2v) is 13.5. The largest absolute Gasteiger partial charge is 1.00 e. The minimum absolute atomic E-state index is 0. The Balaban J connectivity index is 0.00000267. The molecule has 9 heteroatoms. The molecule has 0 saturated heterocycles. The van der Waals surface area contributed by atoms with E-state index in [1.165, 1.54) is 61.3 Å². The van der Waals surface area contributed by atoms with Gasteiger partial charge in [0, 0.05) is 22.5 Å². The number of nitrogens with one attached hydrogen (secondary N) is 2. The van der Waals surface area contributed by atoms with Crippen molar-refractivity contribution in [1.82, 2.24) is 0 Å². The Hall–Kier alpha value is -1.80. The lowest BCUT2D eigenvalue weighted by molar-refractivity contribution is -0.931. The lowest BCUT2D eigenvalue weighted by Gasteiger charge is -2.58. The molecule has 4 bridgehead atoms. The third-order valence-corrected chi connectivity index (χ3v) is 10.4. The van der Waals surface area contributed by atoms with Crippen LogP contribution < -0.4 is 28.8 Å². The van der Waals surface area contributed by atoms with Gasteiger partial charge in [-0.15, -0.1) is 11.3 Å². The molecule has 7 rings (SSSR count). The first-order valence-electron chi connectivity index (χ1n) is 12.8. The number of likely N-dealkylation sites (N-methyl/N-ethyl adjacent to an activating group) is 1. The average molecular weight is 550 g/mol. The maximum atomic E-state index is 12.7. The fraction of sp³-hybridized carbons (Fsp3) is 0.556. The van der Waals surface area contributed by atoms with Crippen molar-refractivity contribution in [2.45, 2.75) is 51.5 Å². The van der Waals surface area contributed by atoms with Gasteiger partial charge in [-0.1, -0.05) is 11.6 Å². The van der Waals surface area contributed by atoms with Gasteiger partial charge >= 0.3 is 6.03 Å². The smallest absolute Gasteiger partial charge is 0.324 e. The summed E-state index contributed by atoms with van der Waals surface area (Å²) in [6, 6.07) is 6.53. The third kappa shape index (κ3) is 4.87. The summed E-state index contributed by atoms with van der Waals surface area (Å²) in [7, 11) is 2.39. The standard InChI is InChI=1S/C27H33ClN4O2S.ClH/c1-32(15-27-11-16-8-17(12-27)10-18(9-16)13-27)7-6-21-22(14-32)35-25(23(21)24(29)33)31-26(34)30-20-4-2-19(28)3-5-20;/h2-5,16-18H,6-15H2,1H3,(H3-,29,30,31,33,34);1H. The first-order valence-corrected chi connectivity index (χ1v) is 14.0. The number of anilines is 2. The summed E-state index contributed by atoms with van der Waals surface area (Å²) < 4.78 is 1.02. The number of quaternary nitrogens is 1. The van der Waals surface area contributed by atoms with Gasteiger partial charge < -0.3 is 27.9 Å². The van der Waals surface area contributed by atoms with Crippen LogP contribution in [0.2, 0.25) is 5.02 Å². The van der Waals surface area contributed by atoms with Gasteiger partial charge in [0.05, 0.1) is 30.6 Å². The van der Waals surface area contributed by atoms with Gasteiger partial charge in [0.15, 0.2) is 0 Å². The van der Waals surface area contributed by atoms with Crippen LogP contribution in [0.15, 0.2) is 24.3 Å². The molecule has 1 atom stereocenters. The van der Waals surface area contributed by atoms with Crippen molar-refractivity contribution in [2.75, 3.05) is 30.8 Å². The Kier molecular flexibility index (Phi) is 6.82. The number of carbonyl (C=O) groups excluding carboxylic acids is 2. The van der Waals surface area contributed by atoms with Crippen LogP contribution in [0.1, 0.15) is 59.3 Å². The number of fused-ring (bicyclic) bond motifs is 1. The Morgan fingerprint density at radius 1 is 1.08 bits per heavy atom. The Morgan fingerprint density at radius 2 is 1.69 bits per heavy atom.